The van der Waals surface area contributed by atoms with Gasteiger partial charge in [-0.05, 0) is 55.5 Å². The van der Waals surface area contributed by atoms with E-state index < -0.39 is 18.2 Å². The van der Waals surface area contributed by atoms with Crippen molar-refractivity contribution in [3.63, 3.8) is 0 Å². The molecule has 1 amide bonds. The molecular formula is C26H30F3N5O4. The number of aromatic nitrogens is 3. The van der Waals surface area contributed by atoms with E-state index in [2.05, 4.69) is 32.8 Å². The van der Waals surface area contributed by atoms with Crippen molar-refractivity contribution in [1.82, 2.24) is 20.1 Å². The predicted molar refractivity (Wildman–Crippen MR) is 133 cm³/mol. The summed E-state index contributed by atoms with van der Waals surface area (Å²) in [5.74, 6) is -2.82. The highest BCUT2D eigenvalue weighted by Gasteiger charge is 2.38. The molecule has 4 N–H and O–H groups in total. The summed E-state index contributed by atoms with van der Waals surface area (Å²) in [5.41, 5.74) is 2.83. The Bertz CT molecular complexity index is 1160. The monoisotopic (exact) mass is 533 g/mol. The molecule has 0 radical (unpaired) electrons. The Hall–Kier alpha value is -3.77. The number of pyridine rings is 1. The minimum Gasteiger partial charge on any atom is -0.475 e. The van der Waals surface area contributed by atoms with Crippen molar-refractivity contribution >= 4 is 17.6 Å². The summed E-state index contributed by atoms with van der Waals surface area (Å²) in [6, 6.07) is 13.6. The number of benzene rings is 1. The maximum Gasteiger partial charge on any atom is 0.490 e. The van der Waals surface area contributed by atoms with Crippen molar-refractivity contribution < 1.29 is 33.0 Å². The number of hydrogen-bond acceptors (Lipinski definition) is 6. The van der Waals surface area contributed by atoms with Crippen LogP contribution in [-0.2, 0) is 16.0 Å². The van der Waals surface area contributed by atoms with Gasteiger partial charge in [0, 0.05) is 48.1 Å². The average molecular weight is 534 g/mol. The van der Waals surface area contributed by atoms with Gasteiger partial charge in [0.2, 0.25) is 5.91 Å². The van der Waals surface area contributed by atoms with Crippen molar-refractivity contribution in [2.75, 3.05) is 5.32 Å². The molecule has 38 heavy (non-hydrogen) atoms. The molecule has 3 heterocycles. The number of halogens is 3. The van der Waals surface area contributed by atoms with E-state index in [-0.39, 0.29) is 18.0 Å². The molecule has 4 atom stereocenters. The van der Waals surface area contributed by atoms with Crippen LogP contribution < -0.4 is 10.6 Å². The molecule has 2 aromatic heterocycles. The summed E-state index contributed by atoms with van der Waals surface area (Å²) in [6.07, 6.45) is 4.81. The lowest BCUT2D eigenvalue weighted by molar-refractivity contribution is -0.192. The molecule has 1 aliphatic rings. The van der Waals surface area contributed by atoms with Crippen LogP contribution in [0.5, 0.6) is 0 Å². The number of aliphatic hydroxyl groups excluding tert-OH is 1. The summed E-state index contributed by atoms with van der Waals surface area (Å²) in [7, 11) is 0. The first kappa shape index (κ1) is 28.8. The Morgan fingerprint density at radius 2 is 1.87 bits per heavy atom. The van der Waals surface area contributed by atoms with Crippen molar-refractivity contribution in [3.8, 4) is 0 Å². The topological polar surface area (TPSA) is 129 Å². The highest BCUT2D eigenvalue weighted by atomic mass is 19.4. The maximum absolute atomic E-state index is 12.6. The lowest BCUT2D eigenvalue weighted by Gasteiger charge is -2.20. The van der Waals surface area contributed by atoms with Crippen LogP contribution >= 0.6 is 0 Å². The van der Waals surface area contributed by atoms with Crippen molar-refractivity contribution in [3.05, 3.63) is 78.4 Å². The van der Waals surface area contributed by atoms with Crippen molar-refractivity contribution in [2.24, 2.45) is 0 Å². The van der Waals surface area contributed by atoms with Crippen molar-refractivity contribution in [2.45, 2.75) is 63.0 Å². The molecule has 1 fully saturated rings. The van der Waals surface area contributed by atoms with Crippen LogP contribution in [0.2, 0.25) is 0 Å². The molecule has 1 aromatic carbocycles. The van der Waals surface area contributed by atoms with Gasteiger partial charge in [0.1, 0.15) is 6.04 Å². The Kier molecular flexibility index (Phi) is 9.97. The maximum atomic E-state index is 12.6. The summed E-state index contributed by atoms with van der Waals surface area (Å²) in [6.45, 7) is 1.97. The summed E-state index contributed by atoms with van der Waals surface area (Å²) >= 11 is 0. The van der Waals surface area contributed by atoms with Crippen LogP contribution in [-0.4, -0.2) is 55.1 Å². The molecular weight excluding hydrogens is 503 g/mol. The molecule has 12 heteroatoms. The first-order chi connectivity index (χ1) is 18.1. The smallest absolute Gasteiger partial charge is 0.475 e. The van der Waals surface area contributed by atoms with Crippen LogP contribution in [0.15, 0.2) is 67.3 Å². The summed E-state index contributed by atoms with van der Waals surface area (Å²) in [4.78, 5) is 25.6. The number of rotatable bonds is 8. The van der Waals surface area contributed by atoms with E-state index in [1.807, 2.05) is 43.5 Å². The van der Waals surface area contributed by atoms with E-state index in [1.54, 1.807) is 23.3 Å². The number of nitrogens with zero attached hydrogens (tertiary/aromatic N) is 3. The number of aliphatic carboxylic acids is 1. The number of aliphatic hydroxyl groups is 1. The Labute approximate surface area is 217 Å². The minimum absolute atomic E-state index is 0.0426. The van der Waals surface area contributed by atoms with Crippen LogP contribution in [0.25, 0.3) is 0 Å². The molecule has 0 bridgehead atoms. The number of carbonyl (C=O) groups excluding carboxylic acids is 1. The molecule has 9 nitrogen and oxygen atoms in total. The largest absolute Gasteiger partial charge is 0.490 e. The zero-order chi connectivity index (χ0) is 27.7. The average Bonchev–Trinajstić information content (AvgIpc) is 3.58. The third-order valence-corrected chi connectivity index (χ3v) is 6.16. The number of carboxylic acids is 1. The predicted octanol–water partition coefficient (Wildman–Crippen LogP) is 3.90. The molecule has 1 aliphatic heterocycles. The number of nitrogens with one attached hydrogen (secondary N) is 2. The summed E-state index contributed by atoms with van der Waals surface area (Å²) < 4.78 is 33.4. The quantitative estimate of drug-likeness (QED) is 0.346. The van der Waals surface area contributed by atoms with Crippen molar-refractivity contribution in [1.29, 1.82) is 0 Å². The highest BCUT2D eigenvalue weighted by Crippen LogP contribution is 2.26. The van der Waals surface area contributed by atoms with E-state index in [0.29, 0.717) is 12.5 Å². The number of carbonyl (C=O) groups is 2. The van der Waals surface area contributed by atoms with E-state index >= 15 is 0 Å². The first-order valence-electron chi connectivity index (χ1n) is 12.1. The second-order valence-corrected chi connectivity index (χ2v) is 8.88. The lowest BCUT2D eigenvalue weighted by atomic mass is 10.0. The van der Waals surface area contributed by atoms with Gasteiger partial charge in [-0.3, -0.25) is 14.5 Å². The molecule has 0 aliphatic carbocycles. The van der Waals surface area contributed by atoms with Crippen LogP contribution in [0, 0.1) is 0 Å². The third-order valence-electron chi connectivity index (χ3n) is 6.16. The van der Waals surface area contributed by atoms with Gasteiger partial charge in [-0.25, -0.2) is 4.79 Å². The molecule has 0 saturated carbocycles. The van der Waals surface area contributed by atoms with Crippen LogP contribution in [0.1, 0.15) is 49.5 Å². The van der Waals surface area contributed by atoms with E-state index in [9.17, 15) is 23.1 Å². The standard InChI is InChI=1S/C24H29N5O2.C2HF3O2/c1-2-22(29-14-4-13-26-29)24(31)28-19-8-6-17(7-9-19)15-20-10-11-21(27-20)23(30)18-5-3-12-25-16-18;3-2(4,5)1(6)7/h3-9,12-14,16,20-23,27,30H,2,10-11,15H2,1H3,(H,28,31);(H,6,7)/t20-,21+,22-,23+;/m0./s1. The molecule has 3 aromatic rings. The van der Waals surface area contributed by atoms with Crippen LogP contribution in [0.4, 0.5) is 18.9 Å². The number of carboxylic acid groups (broad SMARTS) is 1. The molecule has 0 spiro atoms. The van der Waals surface area contributed by atoms with Gasteiger partial charge in [0.25, 0.3) is 0 Å². The number of anilines is 1. The van der Waals surface area contributed by atoms with Gasteiger partial charge < -0.3 is 20.8 Å². The fraction of sp³-hybridized carbons (Fsp3) is 0.385. The van der Waals surface area contributed by atoms with Gasteiger partial charge in [-0.1, -0.05) is 25.1 Å². The Balaban J connectivity index is 0.000000505. The second kappa shape index (κ2) is 13.2. The van der Waals surface area contributed by atoms with Gasteiger partial charge in [-0.15, -0.1) is 0 Å². The number of amides is 1. The lowest BCUT2D eigenvalue weighted by Crippen LogP contribution is -2.35. The first-order valence-corrected chi connectivity index (χ1v) is 12.1. The highest BCUT2D eigenvalue weighted by molar-refractivity contribution is 5.93. The fourth-order valence-electron chi connectivity index (χ4n) is 4.24. The zero-order valence-electron chi connectivity index (χ0n) is 20.7. The number of hydrogen-bond donors (Lipinski definition) is 4. The van der Waals surface area contributed by atoms with E-state index in [4.69, 9.17) is 9.90 Å². The van der Waals surface area contributed by atoms with Gasteiger partial charge in [-0.2, -0.15) is 18.3 Å². The van der Waals surface area contributed by atoms with Gasteiger partial charge in [0.05, 0.1) is 6.10 Å². The molecule has 1 saturated heterocycles. The van der Waals surface area contributed by atoms with Gasteiger partial charge >= 0.3 is 12.1 Å². The fourth-order valence-corrected chi connectivity index (χ4v) is 4.24. The van der Waals surface area contributed by atoms with E-state index in [1.165, 1.54) is 5.56 Å². The SMILES string of the molecule is CC[C@@H](C(=O)Nc1ccc(C[C@@H]2CC[C@H]([C@H](O)c3cccnc3)N2)cc1)n1cccn1.O=C(O)C(F)(F)F. The second-order valence-electron chi connectivity index (χ2n) is 8.88. The van der Waals surface area contributed by atoms with Gasteiger partial charge in [0.15, 0.2) is 0 Å². The minimum atomic E-state index is -5.08. The third kappa shape index (κ3) is 8.12. The zero-order valence-corrected chi connectivity index (χ0v) is 20.7. The summed E-state index contributed by atoms with van der Waals surface area (Å²) in [5, 5.41) is 28.5. The van der Waals surface area contributed by atoms with Crippen LogP contribution in [0.3, 0.4) is 0 Å². The Morgan fingerprint density at radius 1 is 1.16 bits per heavy atom. The molecule has 4 rings (SSSR count). The van der Waals surface area contributed by atoms with E-state index in [0.717, 1.165) is 30.5 Å². The molecule has 0 unspecified atom stereocenters. The normalized spacial score (nSPS) is 18.7. The number of alkyl halides is 3. The Morgan fingerprint density at radius 3 is 2.42 bits per heavy atom. The molecule has 204 valence electrons.